The summed E-state index contributed by atoms with van der Waals surface area (Å²) < 4.78 is 5.53. The van der Waals surface area contributed by atoms with Crippen LogP contribution in [0.2, 0.25) is 0 Å². The van der Waals surface area contributed by atoms with Crippen molar-refractivity contribution in [1.82, 2.24) is 9.80 Å². The minimum absolute atomic E-state index is 0.128. The summed E-state index contributed by atoms with van der Waals surface area (Å²) in [7, 11) is 3.93. The largest absolute Gasteiger partial charge is 0.497 e. The molecule has 0 saturated carbocycles. The molecule has 3 aromatic carbocycles. The predicted octanol–water partition coefficient (Wildman–Crippen LogP) is 5.27. The minimum atomic E-state index is 0.128. The highest BCUT2D eigenvalue weighted by atomic mass is 16.5. The summed E-state index contributed by atoms with van der Waals surface area (Å²) in [5.41, 5.74) is 4.70. The van der Waals surface area contributed by atoms with Gasteiger partial charge in [0.05, 0.1) is 18.8 Å². The van der Waals surface area contributed by atoms with Gasteiger partial charge in [0.15, 0.2) is 0 Å². The fourth-order valence-electron chi connectivity index (χ4n) is 4.86. The van der Waals surface area contributed by atoms with Gasteiger partial charge in [-0.05, 0) is 44.6 Å². The Hall–Kier alpha value is -3.11. The van der Waals surface area contributed by atoms with Crippen molar-refractivity contribution >= 4 is 11.5 Å². The number of methoxy groups -OCH3 is 1. The number of hydrogen-bond donors (Lipinski definition) is 0. The summed E-state index contributed by atoms with van der Waals surface area (Å²) >= 11 is 0. The number of amidine groups is 1. The van der Waals surface area contributed by atoms with E-state index in [0.717, 1.165) is 48.8 Å². The Labute approximate surface area is 184 Å². The number of likely N-dealkylation sites (tertiary alicyclic amines) is 1. The lowest BCUT2D eigenvalue weighted by atomic mass is 9.89. The fourth-order valence-corrected chi connectivity index (χ4v) is 4.86. The second kappa shape index (κ2) is 8.56. The van der Waals surface area contributed by atoms with Crippen molar-refractivity contribution in [2.45, 2.75) is 24.9 Å². The molecule has 1 fully saturated rings. The Morgan fingerprint density at radius 2 is 1.55 bits per heavy atom. The molecular formula is C27H29N3O. The normalized spacial score (nSPS) is 19.6. The number of benzene rings is 3. The van der Waals surface area contributed by atoms with Gasteiger partial charge in [-0.25, -0.2) is 4.99 Å². The van der Waals surface area contributed by atoms with Crippen LogP contribution in [0.15, 0.2) is 83.9 Å². The molecule has 158 valence electrons. The van der Waals surface area contributed by atoms with Gasteiger partial charge in [0, 0.05) is 23.2 Å². The standard InChI is InChI=1S/C27H29N3O/c1-29-17-15-22(16-18-29)30-26(20-9-5-3-6-10-20)24-14-13-23(31-2)19-25(24)28-27(30)21-11-7-4-8-12-21/h3-14,19,22,26H,15-18H2,1-2H3. The van der Waals surface area contributed by atoms with Crippen molar-refractivity contribution < 1.29 is 4.74 Å². The molecule has 0 spiro atoms. The Morgan fingerprint density at radius 3 is 2.23 bits per heavy atom. The molecule has 2 aliphatic heterocycles. The van der Waals surface area contributed by atoms with Crippen LogP contribution in [0.1, 0.15) is 35.6 Å². The van der Waals surface area contributed by atoms with Crippen molar-refractivity contribution in [1.29, 1.82) is 0 Å². The number of aliphatic imine (C=N–C) groups is 1. The second-order valence-electron chi connectivity index (χ2n) is 8.48. The van der Waals surface area contributed by atoms with Crippen LogP contribution >= 0.6 is 0 Å². The molecule has 1 unspecified atom stereocenters. The Bertz CT molecular complexity index is 1060. The van der Waals surface area contributed by atoms with E-state index in [1.54, 1.807) is 7.11 Å². The molecule has 2 aliphatic rings. The van der Waals surface area contributed by atoms with Gasteiger partial charge in [0.25, 0.3) is 0 Å². The molecule has 1 atom stereocenters. The van der Waals surface area contributed by atoms with Crippen molar-refractivity contribution in [3.05, 3.63) is 95.6 Å². The first-order valence-corrected chi connectivity index (χ1v) is 11.1. The van der Waals surface area contributed by atoms with Gasteiger partial charge < -0.3 is 14.5 Å². The maximum Gasteiger partial charge on any atom is 0.137 e. The third-order valence-corrected chi connectivity index (χ3v) is 6.51. The molecule has 31 heavy (non-hydrogen) atoms. The lowest BCUT2D eigenvalue weighted by Crippen LogP contribution is -2.49. The molecule has 0 bridgehead atoms. The molecule has 0 amide bonds. The first-order chi connectivity index (χ1) is 15.2. The molecule has 0 radical (unpaired) electrons. The molecule has 2 heterocycles. The van der Waals surface area contributed by atoms with E-state index < -0.39 is 0 Å². The molecule has 0 aliphatic carbocycles. The van der Waals surface area contributed by atoms with E-state index in [0.29, 0.717) is 6.04 Å². The molecule has 0 aromatic heterocycles. The number of ether oxygens (including phenoxy) is 1. The van der Waals surface area contributed by atoms with E-state index in [9.17, 15) is 0 Å². The lowest BCUT2D eigenvalue weighted by molar-refractivity contribution is 0.156. The Kier molecular flexibility index (Phi) is 5.47. The smallest absolute Gasteiger partial charge is 0.137 e. The van der Waals surface area contributed by atoms with Crippen LogP contribution in [0.25, 0.3) is 0 Å². The summed E-state index contributed by atoms with van der Waals surface area (Å²) in [5.74, 6) is 1.90. The topological polar surface area (TPSA) is 28.1 Å². The SMILES string of the molecule is COc1ccc2c(c1)N=C(c1ccccc1)N(C1CCN(C)CC1)C2c1ccccc1. The van der Waals surface area contributed by atoms with E-state index in [1.807, 2.05) is 0 Å². The number of rotatable bonds is 4. The summed E-state index contributed by atoms with van der Waals surface area (Å²) in [6.45, 7) is 2.22. The van der Waals surface area contributed by atoms with Gasteiger partial charge in [-0.1, -0.05) is 66.7 Å². The molecule has 5 rings (SSSR count). The zero-order chi connectivity index (χ0) is 21.2. The number of piperidine rings is 1. The maximum absolute atomic E-state index is 5.53. The van der Waals surface area contributed by atoms with E-state index in [-0.39, 0.29) is 6.04 Å². The van der Waals surface area contributed by atoms with Crippen LogP contribution in [0, 0.1) is 0 Å². The van der Waals surface area contributed by atoms with Crippen molar-refractivity contribution in [2.75, 3.05) is 27.2 Å². The van der Waals surface area contributed by atoms with Crippen LogP contribution in [-0.4, -0.2) is 48.9 Å². The van der Waals surface area contributed by atoms with E-state index in [1.165, 1.54) is 11.1 Å². The lowest BCUT2D eigenvalue weighted by Gasteiger charge is -2.46. The van der Waals surface area contributed by atoms with Crippen LogP contribution in [0.5, 0.6) is 5.75 Å². The van der Waals surface area contributed by atoms with E-state index >= 15 is 0 Å². The zero-order valence-corrected chi connectivity index (χ0v) is 18.2. The molecule has 0 N–H and O–H groups in total. The van der Waals surface area contributed by atoms with Gasteiger partial charge in [-0.3, -0.25) is 0 Å². The highest BCUT2D eigenvalue weighted by molar-refractivity contribution is 6.02. The fraction of sp³-hybridized carbons (Fsp3) is 0.296. The monoisotopic (exact) mass is 411 g/mol. The van der Waals surface area contributed by atoms with Gasteiger partial charge in [0.1, 0.15) is 11.6 Å². The third kappa shape index (κ3) is 3.84. The molecule has 3 aromatic rings. The molecule has 4 heteroatoms. The Balaban J connectivity index is 1.71. The predicted molar refractivity (Wildman–Crippen MR) is 126 cm³/mol. The average Bonchev–Trinajstić information content (AvgIpc) is 2.84. The summed E-state index contributed by atoms with van der Waals surface area (Å²) in [4.78, 5) is 10.2. The second-order valence-corrected chi connectivity index (χ2v) is 8.48. The van der Waals surface area contributed by atoms with Crippen LogP contribution in [0.4, 0.5) is 5.69 Å². The van der Waals surface area contributed by atoms with E-state index in [2.05, 4.69) is 95.7 Å². The first kappa shape index (κ1) is 19.8. The number of fused-ring (bicyclic) bond motifs is 1. The van der Waals surface area contributed by atoms with Crippen molar-refractivity contribution in [3.63, 3.8) is 0 Å². The van der Waals surface area contributed by atoms with Crippen molar-refractivity contribution in [2.24, 2.45) is 4.99 Å². The van der Waals surface area contributed by atoms with Crippen LogP contribution < -0.4 is 4.74 Å². The van der Waals surface area contributed by atoms with Gasteiger partial charge in [-0.2, -0.15) is 0 Å². The number of hydrogen-bond acceptors (Lipinski definition) is 4. The molecular weight excluding hydrogens is 382 g/mol. The third-order valence-electron chi connectivity index (χ3n) is 6.51. The van der Waals surface area contributed by atoms with Gasteiger partial charge in [-0.15, -0.1) is 0 Å². The van der Waals surface area contributed by atoms with Crippen LogP contribution in [0.3, 0.4) is 0 Å². The highest BCUT2D eigenvalue weighted by Crippen LogP contribution is 2.44. The van der Waals surface area contributed by atoms with E-state index in [4.69, 9.17) is 9.73 Å². The Morgan fingerprint density at radius 1 is 0.871 bits per heavy atom. The van der Waals surface area contributed by atoms with Crippen LogP contribution in [-0.2, 0) is 0 Å². The molecule has 4 nitrogen and oxygen atoms in total. The minimum Gasteiger partial charge on any atom is -0.497 e. The quantitative estimate of drug-likeness (QED) is 0.585. The van der Waals surface area contributed by atoms with Crippen molar-refractivity contribution in [3.8, 4) is 5.75 Å². The number of nitrogens with zero attached hydrogens (tertiary/aromatic N) is 3. The summed E-state index contributed by atoms with van der Waals surface area (Å²) in [6.07, 6.45) is 2.27. The molecule has 1 saturated heterocycles. The van der Waals surface area contributed by atoms with Gasteiger partial charge >= 0.3 is 0 Å². The maximum atomic E-state index is 5.53. The van der Waals surface area contributed by atoms with Gasteiger partial charge in [0.2, 0.25) is 0 Å². The zero-order valence-electron chi connectivity index (χ0n) is 18.2. The first-order valence-electron chi connectivity index (χ1n) is 11.1. The average molecular weight is 412 g/mol. The highest BCUT2D eigenvalue weighted by Gasteiger charge is 2.37. The summed E-state index contributed by atoms with van der Waals surface area (Å²) in [6, 6.07) is 28.4. The summed E-state index contributed by atoms with van der Waals surface area (Å²) in [5, 5.41) is 0.